The Morgan fingerprint density at radius 2 is 1.91 bits per heavy atom. The van der Waals surface area contributed by atoms with Crippen LogP contribution < -0.4 is 10.5 Å². The van der Waals surface area contributed by atoms with Crippen molar-refractivity contribution in [2.75, 3.05) is 19.5 Å². The van der Waals surface area contributed by atoms with E-state index < -0.39 is 11.2 Å². The van der Waals surface area contributed by atoms with E-state index >= 15 is 0 Å². The average Bonchev–Trinajstić information content (AvgIpc) is 2.85. The third-order valence-corrected chi connectivity index (χ3v) is 5.76. The number of hydrogen-bond acceptors (Lipinski definition) is 8. The van der Waals surface area contributed by atoms with Crippen LogP contribution in [0.3, 0.4) is 0 Å². The molecule has 0 aliphatic heterocycles. The normalized spacial score (nSPS) is 11.8. The largest absolute Gasteiger partial charge is 0.490 e. The Balaban J connectivity index is 2.70. The van der Waals surface area contributed by atoms with Gasteiger partial charge in [0.15, 0.2) is 0 Å². The van der Waals surface area contributed by atoms with E-state index in [1.165, 1.54) is 7.11 Å². The van der Waals surface area contributed by atoms with Crippen molar-refractivity contribution in [1.82, 2.24) is 4.98 Å². The highest BCUT2D eigenvalue weighted by atomic mass is 32.2. The zero-order valence-electron chi connectivity index (χ0n) is 18.9. The molecule has 0 aliphatic rings. The second-order valence-electron chi connectivity index (χ2n) is 6.70. The van der Waals surface area contributed by atoms with E-state index in [9.17, 15) is 15.3 Å². The van der Waals surface area contributed by atoms with E-state index in [1.807, 2.05) is 13.0 Å². The molecule has 1 aromatic carbocycles. The van der Waals surface area contributed by atoms with Crippen molar-refractivity contribution in [2.24, 2.45) is 0 Å². The molecule has 1 atom stereocenters. The molecule has 0 radical (unpaired) electrons. The van der Waals surface area contributed by atoms with Gasteiger partial charge in [-0.15, -0.1) is 0 Å². The minimum Gasteiger partial charge on any atom is -0.490 e. The lowest BCUT2D eigenvalue weighted by Crippen LogP contribution is -2.21. The molecule has 2 N–H and O–H groups in total. The SMILES string of the molecule is C=C/C=C(\C=C/C)C(Sc1nc(N)c(C#N)c(-c2ccc(OCC=C)cc2)c1C#N)C(=O)OC. The molecule has 172 valence electrons. The number of nitrogens with two attached hydrogens (primary N) is 1. The summed E-state index contributed by atoms with van der Waals surface area (Å²) in [6.07, 6.45) is 8.38. The summed E-state index contributed by atoms with van der Waals surface area (Å²) in [5, 5.41) is 19.2. The van der Waals surface area contributed by atoms with Crippen LogP contribution in [0.15, 0.2) is 78.4 Å². The summed E-state index contributed by atoms with van der Waals surface area (Å²) in [6.45, 7) is 9.47. The number of carbonyl (C=O) groups excluding carboxylic acids is 1. The third-order valence-electron chi connectivity index (χ3n) is 4.54. The Labute approximate surface area is 203 Å². The fourth-order valence-electron chi connectivity index (χ4n) is 3.07. The summed E-state index contributed by atoms with van der Waals surface area (Å²) in [6, 6.07) is 11.1. The molecule has 0 fully saturated rings. The number of nitrogen functional groups attached to an aromatic ring is 1. The van der Waals surface area contributed by atoms with Crippen molar-refractivity contribution in [3.05, 3.63) is 84.5 Å². The van der Waals surface area contributed by atoms with Gasteiger partial charge in [-0.2, -0.15) is 10.5 Å². The predicted octanol–water partition coefficient (Wildman–Crippen LogP) is 4.96. The molecule has 0 aliphatic carbocycles. The first-order valence-electron chi connectivity index (χ1n) is 10.1. The number of rotatable bonds is 10. The van der Waals surface area contributed by atoms with Gasteiger partial charge in [0.1, 0.15) is 46.2 Å². The number of pyridine rings is 1. The number of hydrogen-bond donors (Lipinski definition) is 1. The van der Waals surface area contributed by atoms with Crippen molar-refractivity contribution in [3.8, 4) is 29.0 Å². The van der Waals surface area contributed by atoms with Gasteiger partial charge in [-0.3, -0.25) is 4.79 Å². The first-order valence-corrected chi connectivity index (χ1v) is 11.0. The van der Waals surface area contributed by atoms with Crippen LogP contribution in [-0.4, -0.2) is 29.9 Å². The number of benzene rings is 1. The molecule has 34 heavy (non-hydrogen) atoms. The smallest absolute Gasteiger partial charge is 0.323 e. The van der Waals surface area contributed by atoms with Crippen LogP contribution in [0, 0.1) is 22.7 Å². The van der Waals surface area contributed by atoms with Crippen molar-refractivity contribution in [1.29, 1.82) is 10.5 Å². The van der Waals surface area contributed by atoms with Gasteiger partial charge in [0.25, 0.3) is 0 Å². The lowest BCUT2D eigenvalue weighted by Gasteiger charge is -2.18. The number of ether oxygens (including phenoxy) is 2. The van der Waals surface area contributed by atoms with E-state index in [4.69, 9.17) is 15.2 Å². The van der Waals surface area contributed by atoms with Gasteiger partial charge in [0.2, 0.25) is 0 Å². The summed E-state index contributed by atoms with van der Waals surface area (Å²) in [4.78, 5) is 16.9. The van der Waals surface area contributed by atoms with Crippen LogP contribution in [-0.2, 0) is 9.53 Å². The van der Waals surface area contributed by atoms with Crippen LogP contribution >= 0.6 is 11.8 Å². The molecule has 2 aromatic rings. The Morgan fingerprint density at radius 1 is 1.24 bits per heavy atom. The second-order valence-corrected chi connectivity index (χ2v) is 7.79. The zero-order chi connectivity index (χ0) is 25.1. The molecule has 1 unspecified atom stereocenters. The molecule has 2 rings (SSSR count). The highest BCUT2D eigenvalue weighted by Crippen LogP contribution is 2.39. The fourth-order valence-corrected chi connectivity index (χ4v) is 4.20. The van der Waals surface area contributed by atoms with Crippen LogP contribution in [0.4, 0.5) is 5.82 Å². The quantitative estimate of drug-likeness (QED) is 0.223. The number of allylic oxidation sites excluding steroid dienone is 4. The summed E-state index contributed by atoms with van der Waals surface area (Å²) in [5.74, 6) is 0.0265. The van der Waals surface area contributed by atoms with Crippen LogP contribution in [0.2, 0.25) is 0 Å². The zero-order valence-corrected chi connectivity index (χ0v) is 19.8. The van der Waals surface area contributed by atoms with Gasteiger partial charge < -0.3 is 15.2 Å². The molecule has 1 heterocycles. The van der Waals surface area contributed by atoms with Gasteiger partial charge in [-0.25, -0.2) is 4.98 Å². The highest BCUT2D eigenvalue weighted by Gasteiger charge is 2.28. The van der Waals surface area contributed by atoms with Gasteiger partial charge in [0.05, 0.1) is 12.7 Å². The van der Waals surface area contributed by atoms with Gasteiger partial charge in [-0.05, 0) is 30.2 Å². The van der Waals surface area contributed by atoms with Crippen LogP contribution in [0.1, 0.15) is 18.1 Å². The molecule has 0 saturated carbocycles. The maximum Gasteiger partial charge on any atom is 0.323 e. The minimum atomic E-state index is -0.839. The van der Waals surface area contributed by atoms with Gasteiger partial charge >= 0.3 is 5.97 Å². The summed E-state index contributed by atoms with van der Waals surface area (Å²) < 4.78 is 10.5. The van der Waals surface area contributed by atoms with Crippen LogP contribution in [0.25, 0.3) is 11.1 Å². The Bertz CT molecular complexity index is 1220. The first-order chi connectivity index (χ1) is 16.4. The number of thioether (sulfide) groups is 1. The molecule has 0 bridgehead atoms. The predicted molar refractivity (Wildman–Crippen MR) is 134 cm³/mol. The van der Waals surface area contributed by atoms with E-state index in [0.717, 1.165) is 11.8 Å². The summed E-state index contributed by atoms with van der Waals surface area (Å²) >= 11 is 1.02. The number of nitrogens with zero attached hydrogens (tertiary/aromatic N) is 3. The molecule has 1 aromatic heterocycles. The van der Waals surface area contributed by atoms with Crippen molar-refractivity contribution in [3.63, 3.8) is 0 Å². The lowest BCUT2D eigenvalue weighted by atomic mass is 9.97. The monoisotopic (exact) mass is 472 g/mol. The third kappa shape index (κ3) is 5.94. The number of carbonyl (C=O) groups is 1. The van der Waals surface area contributed by atoms with Crippen LogP contribution in [0.5, 0.6) is 5.75 Å². The maximum absolute atomic E-state index is 12.6. The topological polar surface area (TPSA) is 122 Å². The summed E-state index contributed by atoms with van der Waals surface area (Å²) in [7, 11) is 1.28. The number of nitriles is 2. The Hall–Kier alpha value is -4.27. The van der Waals surface area contributed by atoms with E-state index in [0.29, 0.717) is 29.1 Å². The molecule has 0 amide bonds. The Kier molecular flexibility index (Phi) is 9.70. The lowest BCUT2D eigenvalue weighted by molar-refractivity contribution is -0.139. The highest BCUT2D eigenvalue weighted by molar-refractivity contribution is 8.00. The standard InChI is InChI=1S/C26H24N4O3S/c1-5-8-18(9-6-2)23(26(31)32-4)34-25-21(16-28)22(20(15-27)24(29)30-25)17-10-12-19(13-11-17)33-14-7-3/h5-13,23H,1,3,14H2,2,4H3,(H2,29,30)/b9-6-,18-8+. The van der Waals surface area contributed by atoms with Gasteiger partial charge in [0, 0.05) is 5.56 Å². The molecule has 7 nitrogen and oxygen atoms in total. The molecule has 8 heteroatoms. The maximum atomic E-state index is 12.6. The molecule has 0 spiro atoms. The van der Waals surface area contributed by atoms with Crippen molar-refractivity contribution < 1.29 is 14.3 Å². The first kappa shape index (κ1) is 26.0. The number of esters is 1. The molecule has 0 saturated heterocycles. The molecular weight excluding hydrogens is 448 g/mol. The van der Waals surface area contributed by atoms with Gasteiger partial charge in [-0.1, -0.05) is 67.4 Å². The Morgan fingerprint density at radius 3 is 2.44 bits per heavy atom. The minimum absolute atomic E-state index is 0.0464. The van der Waals surface area contributed by atoms with E-state index in [2.05, 4.69) is 24.2 Å². The van der Waals surface area contributed by atoms with E-state index in [1.54, 1.807) is 54.6 Å². The summed E-state index contributed by atoms with van der Waals surface area (Å²) in [5.41, 5.74) is 7.84. The van der Waals surface area contributed by atoms with E-state index in [-0.39, 0.29) is 22.0 Å². The fraction of sp³-hybridized carbons (Fsp3) is 0.154. The second kappa shape index (κ2) is 12.7. The average molecular weight is 473 g/mol. The molecular formula is C26H24N4O3S. The van der Waals surface area contributed by atoms with Crippen molar-refractivity contribution in [2.45, 2.75) is 17.2 Å². The number of anilines is 1. The van der Waals surface area contributed by atoms with Crippen molar-refractivity contribution >= 4 is 23.5 Å². The number of methoxy groups -OCH3 is 1. The number of aromatic nitrogens is 1.